The molecule has 0 spiro atoms. The lowest BCUT2D eigenvalue weighted by molar-refractivity contribution is 0.102. The van der Waals surface area contributed by atoms with Gasteiger partial charge in [-0.05, 0) is 36.8 Å². The Morgan fingerprint density at radius 2 is 2.04 bits per heavy atom. The molecule has 1 amide bonds. The fourth-order valence-electron chi connectivity index (χ4n) is 2.18. The highest BCUT2D eigenvalue weighted by Gasteiger charge is 2.14. The van der Waals surface area contributed by atoms with E-state index in [1.807, 2.05) is 5.38 Å². The summed E-state index contributed by atoms with van der Waals surface area (Å²) in [4.78, 5) is 16.8. The summed E-state index contributed by atoms with van der Waals surface area (Å²) in [6, 6.07) is 8.84. The third kappa shape index (κ3) is 4.76. The summed E-state index contributed by atoms with van der Waals surface area (Å²) in [6.07, 6.45) is 2.09. The summed E-state index contributed by atoms with van der Waals surface area (Å²) < 4.78 is 6.78. The summed E-state index contributed by atoms with van der Waals surface area (Å²) in [5, 5.41) is 5.15. The van der Waals surface area contributed by atoms with E-state index in [1.165, 1.54) is 22.7 Å². The van der Waals surface area contributed by atoms with E-state index in [2.05, 4.69) is 17.2 Å². The van der Waals surface area contributed by atoms with Crippen molar-refractivity contribution in [1.29, 1.82) is 0 Å². The molecule has 0 unspecified atom stereocenters. The Kier molecular flexibility index (Phi) is 6.53. The number of nitrogens with zero attached hydrogens (tertiary/aromatic N) is 1. The molecule has 1 aromatic carbocycles. The third-order valence-corrected chi connectivity index (χ3v) is 5.79. The van der Waals surface area contributed by atoms with E-state index in [-0.39, 0.29) is 5.91 Å². The Bertz CT molecular complexity index is 891. The van der Waals surface area contributed by atoms with E-state index in [1.54, 1.807) is 30.3 Å². The number of nitrogens with one attached hydrogen (secondary N) is 1. The first kappa shape index (κ1) is 19.2. The van der Waals surface area contributed by atoms with Crippen LogP contribution in [0.1, 0.15) is 30.1 Å². The van der Waals surface area contributed by atoms with E-state index < -0.39 is 0 Å². The molecule has 0 saturated carbocycles. The minimum atomic E-state index is -0.222. The molecule has 0 saturated heterocycles. The molecule has 8 heteroatoms. The molecule has 0 radical (unpaired) electrons. The van der Waals surface area contributed by atoms with E-state index in [0.29, 0.717) is 31.7 Å². The Hall–Kier alpha value is -1.60. The number of ether oxygens (including phenoxy) is 1. The van der Waals surface area contributed by atoms with Gasteiger partial charge in [-0.2, -0.15) is 0 Å². The van der Waals surface area contributed by atoms with Crippen LogP contribution in [0, 0.1) is 0 Å². The number of amides is 1. The zero-order valence-corrected chi connectivity index (χ0v) is 17.1. The first-order chi connectivity index (χ1) is 12.6. The Morgan fingerprint density at radius 1 is 1.27 bits per heavy atom. The largest absolute Gasteiger partial charge is 0.494 e. The molecule has 1 N–H and O–H groups in total. The van der Waals surface area contributed by atoms with Gasteiger partial charge in [-0.3, -0.25) is 10.1 Å². The van der Waals surface area contributed by atoms with Gasteiger partial charge in [0.2, 0.25) is 0 Å². The molecular formula is C18H16Cl2N2O2S2. The molecule has 26 heavy (non-hydrogen) atoms. The highest BCUT2D eigenvalue weighted by atomic mass is 35.5. The zero-order valence-electron chi connectivity index (χ0n) is 13.9. The van der Waals surface area contributed by atoms with Gasteiger partial charge in [0.25, 0.3) is 5.91 Å². The first-order valence-corrected chi connectivity index (χ1v) is 10.5. The molecule has 0 bridgehead atoms. The number of anilines is 1. The minimum Gasteiger partial charge on any atom is -0.494 e. The molecule has 0 aliphatic rings. The van der Waals surface area contributed by atoms with Crippen molar-refractivity contribution < 1.29 is 9.53 Å². The first-order valence-electron chi connectivity index (χ1n) is 8.01. The summed E-state index contributed by atoms with van der Waals surface area (Å²) in [5.41, 5.74) is 2.01. The van der Waals surface area contributed by atoms with Crippen molar-refractivity contribution in [3.05, 3.63) is 49.9 Å². The van der Waals surface area contributed by atoms with Gasteiger partial charge in [0.15, 0.2) is 5.13 Å². The number of rotatable bonds is 7. The summed E-state index contributed by atoms with van der Waals surface area (Å²) in [7, 11) is 0. The average Bonchev–Trinajstić information content (AvgIpc) is 3.21. The highest BCUT2D eigenvalue weighted by Crippen LogP contribution is 2.39. The number of carbonyl (C=O) groups is 1. The quantitative estimate of drug-likeness (QED) is 0.432. The molecule has 0 atom stereocenters. The SMILES string of the molecule is CCCCOc1ccc(C(=O)Nc2nc(-c3cc(Cl)sc3Cl)cs2)cc1. The lowest BCUT2D eigenvalue weighted by atomic mass is 10.2. The minimum absolute atomic E-state index is 0.222. The monoisotopic (exact) mass is 426 g/mol. The molecule has 136 valence electrons. The number of hydrogen-bond acceptors (Lipinski definition) is 5. The lowest BCUT2D eigenvalue weighted by Crippen LogP contribution is -2.11. The molecule has 2 aromatic heterocycles. The number of thiazole rings is 1. The van der Waals surface area contributed by atoms with Crippen molar-refractivity contribution in [3.8, 4) is 17.0 Å². The van der Waals surface area contributed by atoms with Crippen molar-refractivity contribution >= 4 is 56.9 Å². The fourth-order valence-corrected chi connectivity index (χ4v) is 4.36. The summed E-state index contributed by atoms with van der Waals surface area (Å²) >= 11 is 14.7. The normalized spacial score (nSPS) is 10.7. The van der Waals surface area contributed by atoms with Crippen LogP contribution in [0.2, 0.25) is 8.67 Å². The Morgan fingerprint density at radius 3 is 2.69 bits per heavy atom. The fraction of sp³-hybridized carbons (Fsp3) is 0.222. The number of aromatic nitrogens is 1. The predicted octanol–water partition coefficient (Wildman–Crippen LogP) is 6.61. The molecule has 0 fully saturated rings. The Labute approximate surface area is 169 Å². The van der Waals surface area contributed by atoms with Crippen LogP contribution < -0.4 is 10.1 Å². The van der Waals surface area contributed by atoms with Crippen molar-refractivity contribution in [1.82, 2.24) is 4.98 Å². The van der Waals surface area contributed by atoms with E-state index >= 15 is 0 Å². The predicted molar refractivity (Wildman–Crippen MR) is 110 cm³/mol. The van der Waals surface area contributed by atoms with Crippen molar-refractivity contribution in [3.63, 3.8) is 0 Å². The van der Waals surface area contributed by atoms with Crippen LogP contribution in [0.5, 0.6) is 5.75 Å². The topological polar surface area (TPSA) is 51.2 Å². The molecule has 3 aromatic rings. The van der Waals surface area contributed by atoms with Gasteiger partial charge >= 0.3 is 0 Å². The van der Waals surface area contributed by atoms with Gasteiger partial charge < -0.3 is 4.74 Å². The van der Waals surface area contributed by atoms with Crippen LogP contribution in [-0.4, -0.2) is 17.5 Å². The summed E-state index contributed by atoms with van der Waals surface area (Å²) in [6.45, 7) is 2.79. The van der Waals surface area contributed by atoms with E-state index in [0.717, 1.165) is 24.2 Å². The average molecular weight is 427 g/mol. The van der Waals surface area contributed by atoms with Crippen molar-refractivity contribution in [2.45, 2.75) is 19.8 Å². The maximum absolute atomic E-state index is 12.4. The number of halogens is 2. The standard InChI is InChI=1S/C18H16Cl2N2O2S2/c1-2-3-8-24-12-6-4-11(5-7-12)17(23)22-18-21-14(10-25-18)13-9-15(19)26-16(13)20/h4-7,9-10H,2-3,8H2,1H3,(H,21,22,23). The molecule has 0 aliphatic carbocycles. The van der Waals surface area contributed by atoms with Gasteiger partial charge in [-0.15, -0.1) is 22.7 Å². The van der Waals surface area contributed by atoms with Gasteiger partial charge in [0.1, 0.15) is 10.1 Å². The molecule has 2 heterocycles. The zero-order chi connectivity index (χ0) is 18.5. The van der Waals surface area contributed by atoms with Crippen LogP contribution in [0.25, 0.3) is 11.3 Å². The van der Waals surface area contributed by atoms with Gasteiger partial charge in [0.05, 0.1) is 16.6 Å². The number of carbonyl (C=O) groups excluding carboxylic acids is 1. The number of unbranched alkanes of at least 4 members (excludes halogenated alkanes) is 1. The van der Waals surface area contributed by atoms with E-state index in [4.69, 9.17) is 27.9 Å². The number of benzene rings is 1. The van der Waals surface area contributed by atoms with Crippen molar-refractivity contribution in [2.75, 3.05) is 11.9 Å². The maximum atomic E-state index is 12.4. The van der Waals surface area contributed by atoms with E-state index in [9.17, 15) is 4.79 Å². The maximum Gasteiger partial charge on any atom is 0.257 e. The van der Waals surface area contributed by atoms with Crippen LogP contribution in [-0.2, 0) is 0 Å². The Balaban J connectivity index is 1.64. The molecule has 4 nitrogen and oxygen atoms in total. The van der Waals surface area contributed by atoms with Crippen molar-refractivity contribution in [2.24, 2.45) is 0 Å². The summed E-state index contributed by atoms with van der Waals surface area (Å²) in [5.74, 6) is 0.538. The van der Waals surface area contributed by atoms with Gasteiger partial charge in [0, 0.05) is 16.5 Å². The second-order valence-corrected chi connectivity index (χ2v) is 8.60. The van der Waals surface area contributed by atoms with Gasteiger partial charge in [-0.1, -0.05) is 36.5 Å². The van der Waals surface area contributed by atoms with Gasteiger partial charge in [-0.25, -0.2) is 4.98 Å². The second-order valence-electron chi connectivity index (χ2n) is 5.46. The number of thiophene rings is 1. The molecular weight excluding hydrogens is 411 g/mol. The lowest BCUT2D eigenvalue weighted by Gasteiger charge is -2.06. The number of hydrogen-bond donors (Lipinski definition) is 1. The smallest absolute Gasteiger partial charge is 0.257 e. The molecule has 0 aliphatic heterocycles. The van der Waals surface area contributed by atoms with Crippen LogP contribution in [0.15, 0.2) is 35.7 Å². The molecule has 3 rings (SSSR count). The third-order valence-electron chi connectivity index (χ3n) is 3.54. The highest BCUT2D eigenvalue weighted by molar-refractivity contribution is 7.20. The second kappa shape index (κ2) is 8.86. The van der Waals surface area contributed by atoms with Crippen LogP contribution in [0.3, 0.4) is 0 Å². The van der Waals surface area contributed by atoms with Crippen LogP contribution >= 0.6 is 45.9 Å². The van der Waals surface area contributed by atoms with Crippen LogP contribution in [0.4, 0.5) is 5.13 Å².